The number of hydrogen-bond acceptors (Lipinski definition) is 4. The first kappa shape index (κ1) is 18.8. The Morgan fingerprint density at radius 1 is 0.724 bits per heavy atom. The van der Waals surface area contributed by atoms with Crippen molar-refractivity contribution in [3.8, 4) is 11.5 Å². The first-order chi connectivity index (χ1) is 14.2. The first-order valence-corrected chi connectivity index (χ1v) is 9.73. The van der Waals surface area contributed by atoms with Gasteiger partial charge in [-0.2, -0.15) is 0 Å². The van der Waals surface area contributed by atoms with E-state index in [0.29, 0.717) is 24.5 Å². The van der Waals surface area contributed by atoms with Crippen LogP contribution < -0.4 is 9.47 Å². The SMILES string of the molecule is CCOc1ccc(C(=C2OC(=O)c3ccccc32)c2ccc(OCC)cc2)cc1. The van der Waals surface area contributed by atoms with E-state index in [0.717, 1.165) is 33.8 Å². The monoisotopic (exact) mass is 386 g/mol. The first-order valence-electron chi connectivity index (χ1n) is 9.73. The summed E-state index contributed by atoms with van der Waals surface area (Å²) in [5.74, 6) is 1.84. The molecule has 3 aromatic carbocycles. The minimum atomic E-state index is -0.329. The topological polar surface area (TPSA) is 44.8 Å². The summed E-state index contributed by atoms with van der Waals surface area (Å²) in [7, 11) is 0. The lowest BCUT2D eigenvalue weighted by Gasteiger charge is -2.14. The fourth-order valence-electron chi connectivity index (χ4n) is 3.45. The van der Waals surface area contributed by atoms with Crippen LogP contribution in [-0.4, -0.2) is 19.2 Å². The zero-order valence-electron chi connectivity index (χ0n) is 16.5. The molecule has 1 aliphatic heterocycles. The number of rotatable bonds is 6. The predicted octanol–water partition coefficient (Wildman–Crippen LogP) is 5.57. The molecule has 0 radical (unpaired) electrons. The third-order valence-electron chi connectivity index (χ3n) is 4.72. The molecule has 0 fully saturated rings. The molecule has 1 aliphatic rings. The van der Waals surface area contributed by atoms with Crippen molar-refractivity contribution in [1.29, 1.82) is 0 Å². The maximum absolute atomic E-state index is 12.4. The van der Waals surface area contributed by atoms with Gasteiger partial charge in [-0.3, -0.25) is 0 Å². The smallest absolute Gasteiger partial charge is 0.344 e. The van der Waals surface area contributed by atoms with Gasteiger partial charge in [0.05, 0.1) is 18.8 Å². The van der Waals surface area contributed by atoms with Crippen molar-refractivity contribution in [2.24, 2.45) is 0 Å². The van der Waals surface area contributed by atoms with E-state index in [4.69, 9.17) is 14.2 Å². The largest absolute Gasteiger partial charge is 0.494 e. The molecule has 0 amide bonds. The molecule has 0 N–H and O–H groups in total. The molecule has 0 spiro atoms. The highest BCUT2D eigenvalue weighted by molar-refractivity contribution is 6.10. The average molecular weight is 386 g/mol. The van der Waals surface area contributed by atoms with Crippen LogP contribution in [0.3, 0.4) is 0 Å². The quantitative estimate of drug-likeness (QED) is 0.520. The second-order valence-electron chi connectivity index (χ2n) is 6.55. The Bertz CT molecular complexity index is 995. The molecule has 0 aliphatic carbocycles. The van der Waals surface area contributed by atoms with E-state index in [1.807, 2.05) is 80.6 Å². The molecule has 1 heterocycles. The molecule has 4 heteroatoms. The highest BCUT2D eigenvalue weighted by Gasteiger charge is 2.29. The minimum absolute atomic E-state index is 0.329. The van der Waals surface area contributed by atoms with Gasteiger partial charge in [0, 0.05) is 11.1 Å². The summed E-state index contributed by atoms with van der Waals surface area (Å²) in [6, 6.07) is 23.1. The van der Waals surface area contributed by atoms with Gasteiger partial charge in [-0.25, -0.2) is 4.79 Å². The van der Waals surface area contributed by atoms with Crippen LogP contribution in [0.4, 0.5) is 0 Å². The van der Waals surface area contributed by atoms with Crippen LogP contribution in [0.15, 0.2) is 72.8 Å². The molecule has 3 aromatic rings. The second-order valence-corrected chi connectivity index (χ2v) is 6.55. The molecule has 146 valence electrons. The van der Waals surface area contributed by atoms with Gasteiger partial charge in [0.15, 0.2) is 0 Å². The fraction of sp³-hybridized carbons (Fsp3) is 0.160. The van der Waals surface area contributed by atoms with Gasteiger partial charge in [0.2, 0.25) is 0 Å². The van der Waals surface area contributed by atoms with Gasteiger partial charge in [0.25, 0.3) is 0 Å². The molecule has 0 aromatic heterocycles. The Morgan fingerprint density at radius 3 is 1.69 bits per heavy atom. The van der Waals surface area contributed by atoms with Crippen molar-refractivity contribution in [2.75, 3.05) is 13.2 Å². The highest BCUT2D eigenvalue weighted by atomic mass is 16.5. The van der Waals surface area contributed by atoms with Gasteiger partial charge in [-0.1, -0.05) is 42.5 Å². The Balaban J connectivity index is 1.87. The molecule has 0 saturated carbocycles. The average Bonchev–Trinajstić information content (AvgIpc) is 3.08. The van der Waals surface area contributed by atoms with Crippen molar-refractivity contribution >= 4 is 17.3 Å². The molecule has 29 heavy (non-hydrogen) atoms. The van der Waals surface area contributed by atoms with Crippen LogP contribution in [-0.2, 0) is 4.74 Å². The van der Waals surface area contributed by atoms with E-state index >= 15 is 0 Å². The lowest BCUT2D eigenvalue weighted by Crippen LogP contribution is -1.97. The van der Waals surface area contributed by atoms with Gasteiger partial charge in [0.1, 0.15) is 17.3 Å². The van der Waals surface area contributed by atoms with Crippen LogP contribution in [0.5, 0.6) is 11.5 Å². The highest BCUT2D eigenvalue weighted by Crippen LogP contribution is 2.39. The molecule has 0 bridgehead atoms. The summed E-state index contributed by atoms with van der Waals surface area (Å²) in [6.45, 7) is 5.13. The van der Waals surface area contributed by atoms with Gasteiger partial charge >= 0.3 is 5.97 Å². The summed E-state index contributed by atoms with van der Waals surface area (Å²) < 4.78 is 16.9. The fourth-order valence-corrected chi connectivity index (χ4v) is 3.45. The summed E-state index contributed by atoms with van der Waals surface area (Å²) >= 11 is 0. The summed E-state index contributed by atoms with van der Waals surface area (Å²) in [4.78, 5) is 12.4. The number of ether oxygens (including phenoxy) is 3. The zero-order valence-corrected chi connectivity index (χ0v) is 16.5. The van der Waals surface area contributed by atoms with Crippen LogP contribution in [0.2, 0.25) is 0 Å². The van der Waals surface area contributed by atoms with Crippen LogP contribution in [0.25, 0.3) is 11.3 Å². The Kier molecular flexibility index (Phi) is 5.34. The van der Waals surface area contributed by atoms with Crippen molar-refractivity contribution in [2.45, 2.75) is 13.8 Å². The number of benzene rings is 3. The van der Waals surface area contributed by atoms with Crippen LogP contribution >= 0.6 is 0 Å². The summed E-state index contributed by atoms with van der Waals surface area (Å²) in [6.07, 6.45) is 0. The van der Waals surface area contributed by atoms with E-state index in [2.05, 4.69) is 0 Å². The van der Waals surface area contributed by atoms with Crippen LogP contribution in [0.1, 0.15) is 40.9 Å². The van der Waals surface area contributed by atoms with E-state index in [1.54, 1.807) is 6.07 Å². The Hall–Kier alpha value is -3.53. The van der Waals surface area contributed by atoms with Crippen molar-refractivity contribution in [3.05, 3.63) is 95.1 Å². The lowest BCUT2D eigenvalue weighted by molar-refractivity contribution is 0.0716. The second kappa shape index (κ2) is 8.23. The molecule has 0 unspecified atom stereocenters. The summed E-state index contributed by atoms with van der Waals surface area (Å²) in [5, 5.41) is 0. The van der Waals surface area contributed by atoms with E-state index < -0.39 is 0 Å². The number of esters is 1. The third-order valence-corrected chi connectivity index (χ3v) is 4.72. The summed E-state index contributed by atoms with van der Waals surface area (Å²) in [5.41, 5.74) is 4.12. The van der Waals surface area contributed by atoms with Crippen molar-refractivity contribution in [3.63, 3.8) is 0 Å². The molecule has 4 nitrogen and oxygen atoms in total. The maximum Gasteiger partial charge on any atom is 0.344 e. The maximum atomic E-state index is 12.4. The van der Waals surface area contributed by atoms with Crippen molar-refractivity contribution < 1.29 is 19.0 Å². The molecular formula is C25H22O4. The standard InChI is InChI=1S/C25H22O4/c1-3-27-19-13-9-17(10-14-19)23(18-11-15-20(16-12-18)28-4-2)24-21-7-5-6-8-22(21)25(26)29-24/h5-16H,3-4H2,1-2H3. The van der Waals surface area contributed by atoms with Crippen LogP contribution in [0, 0.1) is 0 Å². The number of fused-ring (bicyclic) bond motifs is 1. The third kappa shape index (κ3) is 3.74. The number of carbonyl (C=O) groups is 1. The van der Waals surface area contributed by atoms with Gasteiger partial charge in [-0.05, 0) is 55.3 Å². The Labute approximate surface area is 170 Å². The van der Waals surface area contributed by atoms with Crippen molar-refractivity contribution in [1.82, 2.24) is 0 Å². The number of cyclic esters (lactones) is 1. The molecule has 0 atom stereocenters. The minimum Gasteiger partial charge on any atom is -0.494 e. The molecular weight excluding hydrogens is 364 g/mol. The zero-order chi connectivity index (χ0) is 20.2. The van der Waals surface area contributed by atoms with Gasteiger partial charge in [-0.15, -0.1) is 0 Å². The van der Waals surface area contributed by atoms with E-state index in [1.165, 1.54) is 0 Å². The number of carbonyl (C=O) groups excluding carboxylic acids is 1. The molecule has 0 saturated heterocycles. The molecule has 4 rings (SSSR count). The number of hydrogen-bond donors (Lipinski definition) is 0. The normalized spacial score (nSPS) is 12.3. The predicted molar refractivity (Wildman–Crippen MR) is 113 cm³/mol. The lowest BCUT2D eigenvalue weighted by atomic mass is 9.93. The van der Waals surface area contributed by atoms with Gasteiger partial charge < -0.3 is 14.2 Å². The van der Waals surface area contributed by atoms with E-state index in [9.17, 15) is 4.79 Å². The van der Waals surface area contributed by atoms with E-state index in [-0.39, 0.29) is 5.97 Å². The Morgan fingerprint density at radius 2 is 1.21 bits per heavy atom.